The van der Waals surface area contributed by atoms with Gasteiger partial charge in [0.2, 0.25) is 0 Å². The number of aryl methyl sites for hydroxylation is 1. The van der Waals surface area contributed by atoms with Crippen LogP contribution in [0, 0.1) is 0 Å². The Balaban J connectivity index is 1.43. The quantitative estimate of drug-likeness (QED) is 0.680. The third-order valence-corrected chi connectivity index (χ3v) is 5.76. The highest BCUT2D eigenvalue weighted by Gasteiger charge is 2.36. The summed E-state index contributed by atoms with van der Waals surface area (Å²) in [6, 6.07) is 7.15. The highest BCUT2D eigenvalue weighted by molar-refractivity contribution is 6.24. The van der Waals surface area contributed by atoms with E-state index in [1.807, 2.05) is 37.5 Å². The number of carbonyl (C=O) groups is 2. The molecule has 1 aliphatic heterocycles. The molecule has 29 heavy (non-hydrogen) atoms. The molecule has 0 bridgehead atoms. The van der Waals surface area contributed by atoms with Crippen LogP contribution < -0.4 is 10.6 Å². The van der Waals surface area contributed by atoms with E-state index in [1.165, 1.54) is 37.7 Å². The average Bonchev–Trinajstić information content (AvgIpc) is 3.25. The van der Waals surface area contributed by atoms with Gasteiger partial charge in [0, 0.05) is 25.4 Å². The lowest BCUT2D eigenvalue weighted by Gasteiger charge is -2.22. The van der Waals surface area contributed by atoms with Crippen LogP contribution >= 0.6 is 0 Å². The lowest BCUT2D eigenvalue weighted by atomic mass is 9.84. The van der Waals surface area contributed by atoms with E-state index in [9.17, 15) is 14.7 Å². The molecule has 1 atom stereocenters. The van der Waals surface area contributed by atoms with E-state index in [0.717, 1.165) is 5.69 Å². The zero-order valence-corrected chi connectivity index (χ0v) is 16.5. The summed E-state index contributed by atoms with van der Waals surface area (Å²) in [5.41, 5.74) is 2.39. The molecular weight excluding hydrogens is 368 g/mol. The fourth-order valence-electron chi connectivity index (χ4n) is 4.21. The summed E-state index contributed by atoms with van der Waals surface area (Å²) in [5, 5.41) is 15.8. The van der Waals surface area contributed by atoms with E-state index < -0.39 is 17.9 Å². The van der Waals surface area contributed by atoms with Crippen molar-refractivity contribution in [2.24, 2.45) is 7.05 Å². The van der Waals surface area contributed by atoms with Crippen molar-refractivity contribution in [3.63, 3.8) is 0 Å². The molecule has 152 valence electrons. The number of hydrogen-bond donors (Lipinski definition) is 3. The van der Waals surface area contributed by atoms with Gasteiger partial charge in [-0.25, -0.2) is 4.98 Å². The van der Waals surface area contributed by atoms with E-state index in [4.69, 9.17) is 0 Å². The van der Waals surface area contributed by atoms with Crippen molar-refractivity contribution < 1.29 is 14.7 Å². The van der Waals surface area contributed by atoms with Gasteiger partial charge in [-0.05, 0) is 36.5 Å². The number of rotatable bonds is 5. The minimum Gasteiger partial charge on any atom is -0.509 e. The molecule has 7 heteroatoms. The molecule has 2 aliphatic rings. The molecule has 2 heterocycles. The number of carbonyl (C=O) groups excluding carboxylic acids is 2. The van der Waals surface area contributed by atoms with Gasteiger partial charge in [0.05, 0.1) is 18.1 Å². The van der Waals surface area contributed by atoms with Crippen molar-refractivity contribution >= 4 is 17.5 Å². The molecule has 3 N–H and O–H groups in total. The molecule has 1 aromatic carbocycles. The van der Waals surface area contributed by atoms with Gasteiger partial charge in [-0.1, -0.05) is 31.4 Å². The molecule has 0 saturated heterocycles. The maximum atomic E-state index is 12.6. The Labute approximate surface area is 169 Å². The second-order valence-corrected chi connectivity index (χ2v) is 7.93. The van der Waals surface area contributed by atoms with Gasteiger partial charge in [0.25, 0.3) is 11.8 Å². The average molecular weight is 394 g/mol. The predicted octanol–water partition coefficient (Wildman–Crippen LogP) is 2.96. The summed E-state index contributed by atoms with van der Waals surface area (Å²) in [6.07, 6.45) is 10.1. The molecule has 0 radical (unpaired) electrons. The van der Waals surface area contributed by atoms with Gasteiger partial charge in [-0.3, -0.25) is 9.59 Å². The van der Waals surface area contributed by atoms with E-state index in [-0.39, 0.29) is 11.3 Å². The van der Waals surface area contributed by atoms with Crippen LogP contribution in [0.4, 0.5) is 5.69 Å². The fraction of sp³-hybridized carbons (Fsp3) is 0.409. The van der Waals surface area contributed by atoms with E-state index in [1.54, 1.807) is 10.9 Å². The Morgan fingerprint density at radius 1 is 1.24 bits per heavy atom. The molecule has 0 spiro atoms. The number of benzene rings is 1. The molecule has 7 nitrogen and oxygen atoms in total. The van der Waals surface area contributed by atoms with Crippen molar-refractivity contribution in [2.45, 2.75) is 50.5 Å². The van der Waals surface area contributed by atoms with Crippen molar-refractivity contribution in [1.29, 1.82) is 0 Å². The standard InChI is InChI=1S/C22H26N4O3/c1-26-12-17(23-13-26)11-18-20(27)19(22(29)25-18)21(28)24-16-9-7-15(8-10-16)14-5-3-2-4-6-14/h7-10,12-14,18,27H,2-6,11H2,1H3,(H,24,28)(H,25,29). The van der Waals surface area contributed by atoms with Gasteiger partial charge in [-0.15, -0.1) is 0 Å². The zero-order chi connectivity index (χ0) is 20.4. The minimum atomic E-state index is -0.646. The fourth-order valence-corrected chi connectivity index (χ4v) is 4.21. The highest BCUT2D eigenvalue weighted by Crippen LogP contribution is 2.33. The number of nitrogens with zero attached hydrogens (tertiary/aromatic N) is 2. The Morgan fingerprint density at radius 3 is 2.62 bits per heavy atom. The Kier molecular flexibility index (Phi) is 5.38. The first-order valence-electron chi connectivity index (χ1n) is 10.1. The number of nitrogens with one attached hydrogen (secondary N) is 2. The van der Waals surface area contributed by atoms with Crippen LogP contribution in [0.15, 0.2) is 48.1 Å². The molecule has 2 amide bonds. The van der Waals surface area contributed by atoms with Crippen LogP contribution in [0.2, 0.25) is 0 Å². The van der Waals surface area contributed by atoms with E-state index in [2.05, 4.69) is 15.6 Å². The number of imidazole rings is 1. The summed E-state index contributed by atoms with van der Waals surface area (Å²) in [7, 11) is 1.85. The predicted molar refractivity (Wildman–Crippen MR) is 109 cm³/mol. The molecule has 1 fully saturated rings. The monoisotopic (exact) mass is 394 g/mol. The zero-order valence-electron chi connectivity index (χ0n) is 16.5. The van der Waals surface area contributed by atoms with Crippen LogP contribution in [0.3, 0.4) is 0 Å². The van der Waals surface area contributed by atoms with E-state index >= 15 is 0 Å². The first-order valence-corrected chi connectivity index (χ1v) is 10.1. The first kappa shape index (κ1) is 19.2. The van der Waals surface area contributed by atoms with E-state index in [0.29, 0.717) is 18.0 Å². The maximum absolute atomic E-state index is 12.6. The van der Waals surface area contributed by atoms with Crippen LogP contribution in [0.25, 0.3) is 0 Å². The highest BCUT2D eigenvalue weighted by atomic mass is 16.3. The van der Waals surface area contributed by atoms with Gasteiger partial charge in [-0.2, -0.15) is 0 Å². The molecule has 1 saturated carbocycles. The number of hydrogen-bond acceptors (Lipinski definition) is 4. The summed E-state index contributed by atoms with van der Waals surface area (Å²) in [4.78, 5) is 29.1. The largest absolute Gasteiger partial charge is 0.509 e. The number of aliphatic hydroxyl groups excluding tert-OH is 1. The summed E-state index contributed by atoms with van der Waals surface area (Å²) >= 11 is 0. The molecular formula is C22H26N4O3. The third kappa shape index (κ3) is 4.18. The van der Waals surface area contributed by atoms with Gasteiger partial charge in [0.15, 0.2) is 0 Å². The van der Waals surface area contributed by atoms with Crippen molar-refractivity contribution in [1.82, 2.24) is 14.9 Å². The van der Waals surface area contributed by atoms with Crippen LogP contribution in [0.5, 0.6) is 0 Å². The summed E-state index contributed by atoms with van der Waals surface area (Å²) < 4.78 is 1.79. The normalized spacial score (nSPS) is 20.0. The molecule has 1 aromatic heterocycles. The van der Waals surface area contributed by atoms with Crippen molar-refractivity contribution in [3.8, 4) is 0 Å². The van der Waals surface area contributed by atoms with Crippen LogP contribution in [-0.2, 0) is 23.1 Å². The van der Waals surface area contributed by atoms with Crippen LogP contribution in [0.1, 0.15) is 49.3 Å². The number of anilines is 1. The SMILES string of the molecule is Cn1cnc(CC2NC(=O)C(C(=O)Nc3ccc(C4CCCCC4)cc3)=C2O)c1. The Morgan fingerprint density at radius 2 is 1.97 bits per heavy atom. The Bertz CT molecular complexity index is 939. The maximum Gasteiger partial charge on any atom is 0.264 e. The second-order valence-electron chi connectivity index (χ2n) is 7.93. The molecule has 4 rings (SSSR count). The van der Waals surface area contributed by atoms with Gasteiger partial charge < -0.3 is 20.3 Å². The molecule has 2 aromatic rings. The lowest BCUT2D eigenvalue weighted by molar-refractivity contribution is -0.120. The molecule has 1 unspecified atom stereocenters. The topological polar surface area (TPSA) is 96.2 Å². The number of aromatic nitrogens is 2. The van der Waals surface area contributed by atoms with Crippen LogP contribution in [-0.4, -0.2) is 32.5 Å². The van der Waals surface area contributed by atoms with Gasteiger partial charge in [0.1, 0.15) is 11.3 Å². The van der Waals surface area contributed by atoms with Crippen molar-refractivity contribution in [2.75, 3.05) is 5.32 Å². The summed E-state index contributed by atoms with van der Waals surface area (Å²) in [6.45, 7) is 0. The second kappa shape index (κ2) is 8.11. The summed E-state index contributed by atoms with van der Waals surface area (Å²) in [5.74, 6) is -0.820. The Hall–Kier alpha value is -3.09. The molecule has 1 aliphatic carbocycles. The smallest absolute Gasteiger partial charge is 0.264 e. The van der Waals surface area contributed by atoms with Gasteiger partial charge >= 0.3 is 0 Å². The third-order valence-electron chi connectivity index (χ3n) is 5.76. The lowest BCUT2D eigenvalue weighted by Crippen LogP contribution is -2.31. The number of aliphatic hydroxyl groups is 1. The number of amides is 2. The minimum absolute atomic E-state index is 0.234. The first-order chi connectivity index (χ1) is 14.0. The van der Waals surface area contributed by atoms with Crippen molar-refractivity contribution in [3.05, 3.63) is 59.4 Å².